The van der Waals surface area contributed by atoms with Crippen LogP contribution in [0.5, 0.6) is 0 Å². The first-order chi connectivity index (χ1) is 32.1. The van der Waals surface area contributed by atoms with E-state index in [1.165, 1.54) is 19.7 Å². The van der Waals surface area contributed by atoms with Crippen molar-refractivity contribution in [2.24, 2.45) is 0 Å². The maximum absolute atomic E-state index is 13.2. The number of hydrogen-bond acceptors (Lipinski definition) is 9. The average Bonchev–Trinajstić information content (AvgIpc) is 4.09. The van der Waals surface area contributed by atoms with E-state index >= 15 is 0 Å². The highest BCUT2D eigenvalue weighted by Gasteiger charge is 2.32. The van der Waals surface area contributed by atoms with Gasteiger partial charge >= 0.3 is 0 Å². The molecule has 2 fully saturated rings. The van der Waals surface area contributed by atoms with Crippen LogP contribution < -0.4 is 19.7 Å². The molecule has 0 spiro atoms. The molecule has 0 bridgehead atoms. The van der Waals surface area contributed by atoms with E-state index in [9.17, 15) is 16.8 Å². The van der Waals surface area contributed by atoms with Crippen molar-refractivity contribution in [1.82, 2.24) is 19.4 Å². The Balaban J connectivity index is 0.000000184. The van der Waals surface area contributed by atoms with E-state index in [4.69, 9.17) is 10.7 Å². The SMILES string of the molecule is CN(c1ccc(NC2CCN(Cc3ccccc3)C2)c(N)c1)S(=O)(=O)c1ccccc1.CN(c1ccc2c(c1)nc(C(C)(C)C)n2C1CCN(Cc2ccccc2)C1)S(=O)(=O)c1ccccc1. The van der Waals surface area contributed by atoms with Gasteiger partial charge in [0.1, 0.15) is 5.82 Å². The topological polar surface area (TPSA) is 137 Å². The van der Waals surface area contributed by atoms with Crippen molar-refractivity contribution in [3.8, 4) is 0 Å². The molecule has 0 amide bonds. The molecular formula is C53H62N8O4S2. The summed E-state index contributed by atoms with van der Waals surface area (Å²) in [6.07, 6.45) is 2.10. The van der Waals surface area contributed by atoms with Gasteiger partial charge in [0, 0.05) is 70.9 Å². The van der Waals surface area contributed by atoms with Gasteiger partial charge in [-0.1, -0.05) is 118 Å². The average molecular weight is 939 g/mol. The fourth-order valence-electron chi connectivity index (χ4n) is 9.00. The minimum atomic E-state index is -3.65. The van der Waals surface area contributed by atoms with Crippen LogP contribution in [0, 0.1) is 0 Å². The van der Waals surface area contributed by atoms with Gasteiger partial charge in [0.25, 0.3) is 20.0 Å². The molecule has 2 aliphatic heterocycles. The van der Waals surface area contributed by atoms with Crippen LogP contribution in [0.1, 0.15) is 56.6 Å². The number of hydrogen-bond donors (Lipinski definition) is 2. The van der Waals surface area contributed by atoms with Crippen molar-refractivity contribution in [2.75, 3.05) is 59.9 Å². The monoisotopic (exact) mass is 938 g/mol. The van der Waals surface area contributed by atoms with Crippen LogP contribution in [0.3, 0.4) is 0 Å². The quantitative estimate of drug-likeness (QED) is 0.108. The van der Waals surface area contributed by atoms with Crippen LogP contribution in [-0.4, -0.2) is 82.5 Å². The Kier molecular flexibility index (Phi) is 14.1. The molecule has 0 saturated carbocycles. The van der Waals surface area contributed by atoms with Crippen LogP contribution in [-0.2, 0) is 38.6 Å². The number of fused-ring (bicyclic) bond motifs is 1. The number of rotatable bonds is 13. The molecule has 67 heavy (non-hydrogen) atoms. The van der Waals surface area contributed by atoms with Crippen molar-refractivity contribution in [3.63, 3.8) is 0 Å². The normalized spacial score (nSPS) is 17.0. The van der Waals surface area contributed by atoms with E-state index in [1.807, 2.05) is 36.4 Å². The number of nitrogens with two attached hydrogens (primary N) is 1. The predicted octanol–water partition coefficient (Wildman–Crippen LogP) is 9.39. The molecule has 2 aliphatic rings. The van der Waals surface area contributed by atoms with Crippen molar-refractivity contribution < 1.29 is 16.8 Å². The first kappa shape index (κ1) is 47.3. The highest BCUT2D eigenvalue weighted by molar-refractivity contribution is 7.93. The molecule has 2 atom stereocenters. The number of likely N-dealkylation sites (tertiary alicyclic amines) is 2. The standard InChI is InChI=1S/C29H34N4O2S.C24H28N4O2S/c1-29(2,3)28-30-26-19-23(31(4)36(34,35)25-13-9-6-10-14-25)15-16-27(26)33(28)24-17-18-32(21-24)20-22-11-7-5-8-12-22;1-27(31(29,30)22-10-6-3-7-11-22)21-12-13-24(23(25)16-21)26-20-14-15-28(18-20)17-19-8-4-2-5-9-19/h5-16,19,24H,17-18,20-21H2,1-4H3;2-13,16,20,26H,14-15,17-18,25H2,1H3. The lowest BCUT2D eigenvalue weighted by atomic mass is 9.95. The second-order valence-corrected chi connectivity index (χ2v) is 22.5. The first-order valence-corrected chi connectivity index (χ1v) is 25.7. The van der Waals surface area contributed by atoms with Gasteiger partial charge in [0.15, 0.2) is 0 Å². The van der Waals surface area contributed by atoms with Crippen LogP contribution in [0.4, 0.5) is 22.7 Å². The summed E-state index contributed by atoms with van der Waals surface area (Å²) >= 11 is 0. The lowest BCUT2D eigenvalue weighted by Crippen LogP contribution is -2.27. The van der Waals surface area contributed by atoms with Crippen molar-refractivity contribution in [3.05, 3.63) is 175 Å². The van der Waals surface area contributed by atoms with Gasteiger partial charge in [0.2, 0.25) is 0 Å². The minimum Gasteiger partial charge on any atom is -0.397 e. The van der Waals surface area contributed by atoms with Gasteiger partial charge < -0.3 is 15.6 Å². The maximum atomic E-state index is 13.2. The van der Waals surface area contributed by atoms with Gasteiger partial charge in [0.05, 0.1) is 43.6 Å². The molecule has 2 saturated heterocycles. The minimum absolute atomic E-state index is 0.145. The largest absolute Gasteiger partial charge is 0.397 e. The summed E-state index contributed by atoms with van der Waals surface area (Å²) in [6.45, 7) is 12.4. The van der Waals surface area contributed by atoms with Crippen LogP contribution >= 0.6 is 0 Å². The molecule has 12 nitrogen and oxygen atoms in total. The summed E-state index contributed by atoms with van der Waals surface area (Å²) in [5.41, 5.74) is 13.2. The first-order valence-electron chi connectivity index (χ1n) is 22.9. The molecule has 14 heteroatoms. The van der Waals surface area contributed by atoms with Gasteiger partial charge in [-0.05, 0) is 84.6 Å². The zero-order valence-corrected chi connectivity index (χ0v) is 40.7. The van der Waals surface area contributed by atoms with E-state index in [0.717, 1.165) is 74.7 Å². The molecule has 0 aliphatic carbocycles. The molecule has 7 aromatic rings. The third-order valence-electron chi connectivity index (χ3n) is 12.7. The van der Waals surface area contributed by atoms with Gasteiger partial charge in [-0.2, -0.15) is 0 Å². The van der Waals surface area contributed by atoms with E-state index in [-0.39, 0.29) is 15.2 Å². The fraction of sp³-hybridized carbons (Fsp3) is 0.302. The molecule has 3 N–H and O–H groups in total. The lowest BCUT2D eigenvalue weighted by molar-refractivity contribution is 0.314. The summed E-state index contributed by atoms with van der Waals surface area (Å²) in [6, 6.07) is 49.8. The Labute approximate surface area is 396 Å². The second-order valence-electron chi connectivity index (χ2n) is 18.6. The number of nitrogens with one attached hydrogen (secondary N) is 1. The summed E-state index contributed by atoms with van der Waals surface area (Å²) in [5.74, 6) is 1.04. The Bertz CT molecular complexity index is 2980. The second kappa shape index (κ2) is 20.0. The lowest BCUT2D eigenvalue weighted by Gasteiger charge is -2.25. The summed E-state index contributed by atoms with van der Waals surface area (Å²) in [5, 5.41) is 3.53. The van der Waals surface area contributed by atoms with Gasteiger partial charge in [-0.15, -0.1) is 0 Å². The third-order valence-corrected chi connectivity index (χ3v) is 16.3. The van der Waals surface area contributed by atoms with Crippen molar-refractivity contribution in [1.29, 1.82) is 0 Å². The van der Waals surface area contributed by atoms with E-state index < -0.39 is 20.0 Å². The number of benzene rings is 6. The molecule has 0 radical (unpaired) electrons. The Morgan fingerprint density at radius 2 is 1.10 bits per heavy atom. The smallest absolute Gasteiger partial charge is 0.264 e. The zero-order chi connectivity index (χ0) is 47.3. The number of imidazole rings is 1. The number of nitrogens with zero attached hydrogens (tertiary/aromatic N) is 6. The van der Waals surface area contributed by atoms with E-state index in [1.54, 1.807) is 80.8 Å². The highest BCUT2D eigenvalue weighted by Crippen LogP contribution is 2.36. The fourth-order valence-corrected chi connectivity index (χ4v) is 11.4. The summed E-state index contributed by atoms with van der Waals surface area (Å²) in [4.78, 5) is 10.5. The third kappa shape index (κ3) is 10.8. The summed E-state index contributed by atoms with van der Waals surface area (Å²) in [7, 11) is -4.14. The summed E-state index contributed by atoms with van der Waals surface area (Å²) < 4.78 is 57.1. The van der Waals surface area contributed by atoms with Crippen LogP contribution in [0.15, 0.2) is 168 Å². The Morgan fingerprint density at radius 1 is 0.627 bits per heavy atom. The molecule has 2 unspecified atom stereocenters. The highest BCUT2D eigenvalue weighted by atomic mass is 32.2. The predicted molar refractivity (Wildman–Crippen MR) is 272 cm³/mol. The Hall–Kier alpha value is -6.19. The molecule has 3 heterocycles. The van der Waals surface area contributed by atoms with Crippen molar-refractivity contribution >= 4 is 53.8 Å². The van der Waals surface area contributed by atoms with Gasteiger partial charge in [-0.3, -0.25) is 18.4 Å². The molecule has 6 aromatic carbocycles. The number of aromatic nitrogens is 2. The molecule has 9 rings (SSSR count). The van der Waals surface area contributed by atoms with Crippen molar-refractivity contribution in [2.45, 2.75) is 74.0 Å². The van der Waals surface area contributed by atoms with Gasteiger partial charge in [-0.25, -0.2) is 21.8 Å². The molecular weight excluding hydrogens is 877 g/mol. The molecule has 1 aromatic heterocycles. The molecule has 350 valence electrons. The zero-order valence-electron chi connectivity index (χ0n) is 39.0. The Morgan fingerprint density at radius 3 is 1.63 bits per heavy atom. The number of anilines is 4. The van der Waals surface area contributed by atoms with Crippen LogP contribution in [0.2, 0.25) is 0 Å². The number of sulfonamides is 2. The van der Waals surface area contributed by atoms with E-state index in [2.05, 4.69) is 95.1 Å². The maximum Gasteiger partial charge on any atom is 0.264 e. The van der Waals surface area contributed by atoms with E-state index in [0.29, 0.717) is 29.1 Å². The number of nitrogen functional groups attached to an aromatic ring is 1. The van der Waals surface area contributed by atoms with Crippen LogP contribution in [0.25, 0.3) is 11.0 Å².